The molecule has 3 amide bonds. The van der Waals surface area contributed by atoms with Crippen LogP contribution in [0.25, 0.3) is 0 Å². The Morgan fingerprint density at radius 3 is 2.65 bits per heavy atom. The van der Waals surface area contributed by atoms with E-state index < -0.39 is 0 Å². The lowest BCUT2D eigenvalue weighted by Gasteiger charge is -2.31. The number of halogens is 1. The number of rotatable bonds is 4. The second kappa shape index (κ2) is 9.47. The molecule has 2 aliphatic heterocycles. The molecule has 1 aromatic heterocycles. The number of hydrogen-bond acceptors (Lipinski definition) is 7. The predicted octanol–water partition coefficient (Wildman–Crippen LogP) is 4.89. The van der Waals surface area contributed by atoms with E-state index in [2.05, 4.69) is 20.8 Å². The molecule has 11 heteroatoms. The summed E-state index contributed by atoms with van der Waals surface area (Å²) in [6.07, 6.45) is 1.49. The van der Waals surface area contributed by atoms with Crippen LogP contribution in [0.4, 0.5) is 16.2 Å². The molecular weight excluding hydrogens is 478 g/mol. The van der Waals surface area contributed by atoms with Gasteiger partial charge in [0.05, 0.1) is 10.7 Å². The van der Waals surface area contributed by atoms with E-state index in [0.717, 1.165) is 23.4 Å². The number of hydrogen-bond donors (Lipinski definition) is 2. The average Bonchev–Trinajstić information content (AvgIpc) is 3.50. The van der Waals surface area contributed by atoms with Crippen LogP contribution in [0.2, 0.25) is 5.02 Å². The first-order valence-electron chi connectivity index (χ1n) is 10.8. The number of carbonyl (C=O) groups excluding carboxylic acids is 2. The van der Waals surface area contributed by atoms with Crippen LogP contribution >= 0.6 is 22.9 Å². The Morgan fingerprint density at radius 2 is 1.85 bits per heavy atom. The number of carbonyl (C=O) groups is 2. The van der Waals surface area contributed by atoms with Crippen molar-refractivity contribution in [2.45, 2.75) is 25.7 Å². The summed E-state index contributed by atoms with van der Waals surface area (Å²) in [4.78, 5) is 27.0. The fraction of sp³-hybridized carbons (Fsp3) is 0.304. The van der Waals surface area contributed by atoms with Crippen molar-refractivity contribution in [3.8, 4) is 11.5 Å². The van der Waals surface area contributed by atoms with Gasteiger partial charge in [0.25, 0.3) is 5.91 Å². The Kier molecular flexibility index (Phi) is 6.25. The Hall–Kier alpha value is -3.37. The molecule has 0 bridgehead atoms. The van der Waals surface area contributed by atoms with E-state index >= 15 is 0 Å². The van der Waals surface area contributed by atoms with Crippen molar-refractivity contribution >= 4 is 46.3 Å². The van der Waals surface area contributed by atoms with E-state index in [0.29, 0.717) is 46.0 Å². The van der Waals surface area contributed by atoms with Crippen LogP contribution in [0.3, 0.4) is 0 Å². The molecule has 0 atom stereocenters. The molecule has 176 valence electrons. The standard InChI is InChI=1S/C23H22ClN5O4S/c1-13-2-4-17(16(24)10-13)26-23(31)29-8-6-14(7-9-29)21-27-28-22(34-21)20(30)25-15-3-5-18-19(11-15)33-12-32-18/h2-5,10-11,14H,6-9,12H2,1H3,(H,25,30)(H,26,31). The molecule has 34 heavy (non-hydrogen) atoms. The van der Waals surface area contributed by atoms with Crippen LogP contribution in [-0.2, 0) is 0 Å². The second-order valence-corrected chi connectivity index (χ2v) is 9.56. The molecule has 0 aliphatic carbocycles. The van der Waals surface area contributed by atoms with Crippen molar-refractivity contribution in [2.75, 3.05) is 30.5 Å². The van der Waals surface area contributed by atoms with Crippen LogP contribution < -0.4 is 20.1 Å². The summed E-state index contributed by atoms with van der Waals surface area (Å²) in [7, 11) is 0. The van der Waals surface area contributed by atoms with Gasteiger partial charge in [0.15, 0.2) is 11.5 Å². The number of urea groups is 1. The van der Waals surface area contributed by atoms with Gasteiger partial charge < -0.3 is 25.0 Å². The van der Waals surface area contributed by atoms with Crippen molar-refractivity contribution in [3.63, 3.8) is 0 Å². The van der Waals surface area contributed by atoms with E-state index in [9.17, 15) is 9.59 Å². The molecule has 0 saturated carbocycles. The van der Waals surface area contributed by atoms with Crippen LogP contribution in [0.1, 0.15) is 39.1 Å². The molecule has 3 heterocycles. The largest absolute Gasteiger partial charge is 0.454 e. The van der Waals surface area contributed by atoms with Crippen molar-refractivity contribution in [3.05, 3.63) is 57.0 Å². The number of piperidine rings is 1. The fourth-order valence-corrected chi connectivity index (χ4v) is 5.09. The summed E-state index contributed by atoms with van der Waals surface area (Å²) in [5.41, 5.74) is 2.23. The number of nitrogens with one attached hydrogen (secondary N) is 2. The Balaban J connectivity index is 1.15. The summed E-state index contributed by atoms with van der Waals surface area (Å²) in [5, 5.41) is 15.6. The molecule has 3 aromatic rings. The van der Waals surface area contributed by atoms with E-state index in [-0.39, 0.29) is 24.6 Å². The summed E-state index contributed by atoms with van der Waals surface area (Å²) >= 11 is 7.51. The zero-order valence-corrected chi connectivity index (χ0v) is 19.9. The van der Waals surface area contributed by atoms with Gasteiger partial charge in [-0.25, -0.2) is 4.79 Å². The monoisotopic (exact) mass is 499 g/mol. The third-order valence-electron chi connectivity index (χ3n) is 5.76. The first-order valence-corrected chi connectivity index (χ1v) is 12.0. The molecule has 0 unspecified atom stereocenters. The number of aromatic nitrogens is 2. The van der Waals surface area contributed by atoms with Gasteiger partial charge in [-0.3, -0.25) is 4.79 Å². The minimum Gasteiger partial charge on any atom is -0.454 e. The van der Waals surface area contributed by atoms with Gasteiger partial charge in [-0.05, 0) is 49.6 Å². The summed E-state index contributed by atoms with van der Waals surface area (Å²) in [5.74, 6) is 1.07. The van der Waals surface area contributed by atoms with E-state index in [1.54, 1.807) is 29.2 Å². The Bertz CT molecular complexity index is 1240. The third kappa shape index (κ3) is 4.78. The van der Waals surface area contributed by atoms with Crippen LogP contribution in [0, 0.1) is 6.92 Å². The van der Waals surface area contributed by atoms with Gasteiger partial charge in [0.1, 0.15) is 5.01 Å². The maximum atomic E-state index is 12.6. The molecular formula is C23H22ClN5O4S. The fourth-order valence-electron chi connectivity index (χ4n) is 3.90. The molecule has 1 fully saturated rings. The SMILES string of the molecule is Cc1ccc(NC(=O)N2CCC(c3nnc(C(=O)Nc4ccc5c(c4)OCO5)s3)CC2)c(Cl)c1. The number of likely N-dealkylation sites (tertiary alicyclic amines) is 1. The zero-order chi connectivity index (χ0) is 23.7. The highest BCUT2D eigenvalue weighted by Gasteiger charge is 2.27. The Labute approximate surface area is 205 Å². The number of benzene rings is 2. The smallest absolute Gasteiger partial charge is 0.321 e. The van der Waals surface area contributed by atoms with E-state index in [1.165, 1.54) is 11.3 Å². The molecule has 2 aliphatic rings. The van der Waals surface area contributed by atoms with Crippen LogP contribution in [0.5, 0.6) is 11.5 Å². The van der Waals surface area contributed by atoms with Crippen LogP contribution in [-0.4, -0.2) is 46.9 Å². The van der Waals surface area contributed by atoms with Gasteiger partial charge in [0, 0.05) is 30.8 Å². The minimum atomic E-state index is -0.325. The van der Waals surface area contributed by atoms with Crippen molar-refractivity contribution < 1.29 is 19.1 Å². The molecule has 1 saturated heterocycles. The number of ether oxygens (including phenoxy) is 2. The number of fused-ring (bicyclic) bond motifs is 1. The minimum absolute atomic E-state index is 0.150. The number of anilines is 2. The lowest BCUT2D eigenvalue weighted by atomic mass is 9.98. The van der Waals surface area contributed by atoms with Gasteiger partial charge >= 0.3 is 6.03 Å². The number of nitrogens with zero attached hydrogens (tertiary/aromatic N) is 3. The lowest BCUT2D eigenvalue weighted by molar-refractivity contribution is 0.102. The van der Waals surface area contributed by atoms with E-state index in [4.69, 9.17) is 21.1 Å². The average molecular weight is 500 g/mol. The maximum Gasteiger partial charge on any atom is 0.321 e. The zero-order valence-electron chi connectivity index (χ0n) is 18.3. The van der Waals surface area contributed by atoms with Crippen molar-refractivity contribution in [2.24, 2.45) is 0 Å². The molecule has 5 rings (SSSR count). The predicted molar refractivity (Wildman–Crippen MR) is 129 cm³/mol. The summed E-state index contributed by atoms with van der Waals surface area (Å²) in [6, 6.07) is 10.6. The van der Waals surface area contributed by atoms with Crippen molar-refractivity contribution in [1.82, 2.24) is 15.1 Å². The molecule has 9 nitrogen and oxygen atoms in total. The van der Waals surface area contributed by atoms with Gasteiger partial charge in [-0.2, -0.15) is 0 Å². The highest BCUT2D eigenvalue weighted by Crippen LogP contribution is 2.35. The molecule has 0 radical (unpaired) electrons. The van der Waals surface area contributed by atoms with Gasteiger partial charge in [0.2, 0.25) is 11.8 Å². The highest BCUT2D eigenvalue weighted by molar-refractivity contribution is 7.13. The topological polar surface area (TPSA) is 106 Å². The second-order valence-electron chi connectivity index (χ2n) is 8.14. The van der Waals surface area contributed by atoms with Crippen LogP contribution in [0.15, 0.2) is 36.4 Å². The first kappa shape index (κ1) is 22.4. The molecule has 0 spiro atoms. The van der Waals surface area contributed by atoms with Crippen molar-refractivity contribution in [1.29, 1.82) is 0 Å². The summed E-state index contributed by atoms with van der Waals surface area (Å²) in [6.45, 7) is 3.28. The highest BCUT2D eigenvalue weighted by atomic mass is 35.5. The van der Waals surface area contributed by atoms with Gasteiger partial charge in [-0.1, -0.05) is 29.0 Å². The summed E-state index contributed by atoms with van der Waals surface area (Å²) < 4.78 is 10.6. The maximum absolute atomic E-state index is 12.6. The van der Waals surface area contributed by atoms with E-state index in [1.807, 2.05) is 19.1 Å². The molecule has 2 aromatic carbocycles. The number of amides is 3. The third-order valence-corrected chi connectivity index (χ3v) is 7.16. The number of aryl methyl sites for hydroxylation is 1. The molecule has 2 N–H and O–H groups in total. The Morgan fingerprint density at radius 1 is 1.06 bits per heavy atom. The lowest BCUT2D eigenvalue weighted by Crippen LogP contribution is -2.40. The quantitative estimate of drug-likeness (QED) is 0.529. The first-order chi connectivity index (χ1) is 16.5. The normalized spacial score (nSPS) is 15.3. The van der Waals surface area contributed by atoms with Gasteiger partial charge in [-0.15, -0.1) is 10.2 Å².